The van der Waals surface area contributed by atoms with Gasteiger partial charge in [0.1, 0.15) is 0 Å². The van der Waals surface area contributed by atoms with Gasteiger partial charge in [0, 0.05) is 29.7 Å². The molecule has 1 aliphatic rings. The van der Waals surface area contributed by atoms with Crippen molar-refractivity contribution in [1.82, 2.24) is 10.2 Å². The number of nitrogens with zero attached hydrogens (tertiary/aromatic N) is 1. The fourth-order valence-electron chi connectivity index (χ4n) is 2.62. The van der Waals surface area contributed by atoms with Gasteiger partial charge < -0.3 is 10.4 Å². The zero-order valence-corrected chi connectivity index (χ0v) is 12.6. The Labute approximate surface area is 124 Å². The van der Waals surface area contributed by atoms with Crippen molar-refractivity contribution in [3.63, 3.8) is 0 Å². The molecule has 1 aliphatic heterocycles. The van der Waals surface area contributed by atoms with Crippen LogP contribution in [-0.4, -0.2) is 42.8 Å². The first-order valence-corrected chi connectivity index (χ1v) is 7.35. The molecule has 0 radical (unpaired) electrons. The van der Waals surface area contributed by atoms with Crippen LogP contribution in [0, 0.1) is 0 Å². The molecular formula is C14H20Cl2N2O. The first-order chi connectivity index (χ1) is 9.08. The fraction of sp³-hybridized carbons (Fsp3) is 0.571. The maximum absolute atomic E-state index is 9.92. The van der Waals surface area contributed by atoms with Crippen molar-refractivity contribution in [2.24, 2.45) is 0 Å². The SMILES string of the molecule is CC(CO)(c1ccc(Cl)cc1Cl)N1CCCNCC1. The molecule has 1 aromatic rings. The third-order valence-corrected chi connectivity index (χ3v) is 4.41. The van der Waals surface area contributed by atoms with E-state index in [0.717, 1.165) is 38.2 Å². The Morgan fingerprint density at radius 1 is 1.32 bits per heavy atom. The summed E-state index contributed by atoms with van der Waals surface area (Å²) in [6.07, 6.45) is 1.07. The van der Waals surface area contributed by atoms with Crippen LogP contribution in [-0.2, 0) is 5.54 Å². The highest BCUT2D eigenvalue weighted by molar-refractivity contribution is 6.35. The van der Waals surface area contributed by atoms with E-state index in [1.807, 2.05) is 19.1 Å². The van der Waals surface area contributed by atoms with Crippen molar-refractivity contribution in [3.05, 3.63) is 33.8 Å². The molecule has 5 heteroatoms. The summed E-state index contributed by atoms with van der Waals surface area (Å²) in [7, 11) is 0. The Bertz CT molecular complexity index is 433. The van der Waals surface area contributed by atoms with Gasteiger partial charge in [0.15, 0.2) is 0 Å². The van der Waals surface area contributed by atoms with Crippen LogP contribution in [0.5, 0.6) is 0 Å². The first-order valence-electron chi connectivity index (χ1n) is 6.60. The molecule has 1 atom stereocenters. The quantitative estimate of drug-likeness (QED) is 0.900. The molecule has 2 rings (SSSR count). The zero-order valence-electron chi connectivity index (χ0n) is 11.1. The first kappa shape index (κ1) is 15.1. The Morgan fingerprint density at radius 3 is 2.79 bits per heavy atom. The van der Waals surface area contributed by atoms with E-state index in [2.05, 4.69) is 10.2 Å². The van der Waals surface area contributed by atoms with Gasteiger partial charge in [-0.1, -0.05) is 29.3 Å². The zero-order chi connectivity index (χ0) is 13.9. The van der Waals surface area contributed by atoms with Crippen LogP contribution in [0.4, 0.5) is 0 Å². The third-order valence-electron chi connectivity index (χ3n) is 3.86. The number of halogens is 2. The average molecular weight is 303 g/mol. The summed E-state index contributed by atoms with van der Waals surface area (Å²) in [5.74, 6) is 0. The van der Waals surface area contributed by atoms with E-state index in [9.17, 15) is 5.11 Å². The monoisotopic (exact) mass is 302 g/mol. The van der Waals surface area contributed by atoms with Crippen molar-refractivity contribution in [2.75, 3.05) is 32.8 Å². The predicted octanol–water partition coefficient (Wildman–Crippen LogP) is 2.50. The Kier molecular flexibility index (Phi) is 5.09. The molecule has 2 N–H and O–H groups in total. The average Bonchev–Trinajstić information content (AvgIpc) is 2.67. The van der Waals surface area contributed by atoms with Crippen LogP contribution in [0.25, 0.3) is 0 Å². The van der Waals surface area contributed by atoms with E-state index in [1.165, 1.54) is 0 Å². The molecule has 19 heavy (non-hydrogen) atoms. The summed E-state index contributed by atoms with van der Waals surface area (Å²) in [5.41, 5.74) is 0.469. The van der Waals surface area contributed by atoms with E-state index < -0.39 is 5.54 Å². The number of aliphatic hydroxyl groups excluding tert-OH is 1. The maximum atomic E-state index is 9.92. The lowest BCUT2D eigenvalue weighted by molar-refractivity contribution is 0.0453. The highest BCUT2D eigenvalue weighted by Gasteiger charge is 2.35. The second-order valence-electron chi connectivity index (χ2n) is 5.15. The van der Waals surface area contributed by atoms with Gasteiger partial charge in [-0.3, -0.25) is 4.90 Å². The Morgan fingerprint density at radius 2 is 2.11 bits per heavy atom. The molecule has 3 nitrogen and oxygen atoms in total. The van der Waals surface area contributed by atoms with Gasteiger partial charge in [-0.25, -0.2) is 0 Å². The number of aliphatic hydroxyl groups is 1. The van der Waals surface area contributed by atoms with Crippen LogP contribution >= 0.6 is 23.2 Å². The van der Waals surface area contributed by atoms with Crippen molar-refractivity contribution >= 4 is 23.2 Å². The molecule has 106 valence electrons. The minimum absolute atomic E-state index is 0.0361. The highest BCUT2D eigenvalue weighted by Crippen LogP contribution is 2.34. The lowest BCUT2D eigenvalue weighted by Gasteiger charge is -2.40. The molecule has 1 fully saturated rings. The van der Waals surface area contributed by atoms with Gasteiger partial charge >= 0.3 is 0 Å². The van der Waals surface area contributed by atoms with Crippen molar-refractivity contribution in [2.45, 2.75) is 18.9 Å². The van der Waals surface area contributed by atoms with Crippen LogP contribution in [0.3, 0.4) is 0 Å². The van der Waals surface area contributed by atoms with E-state index in [0.29, 0.717) is 10.0 Å². The smallest absolute Gasteiger partial charge is 0.0680 e. The van der Waals surface area contributed by atoms with E-state index >= 15 is 0 Å². The van der Waals surface area contributed by atoms with Gasteiger partial charge in [-0.05, 0) is 37.6 Å². The second-order valence-corrected chi connectivity index (χ2v) is 5.99. The molecule has 1 unspecified atom stereocenters. The summed E-state index contributed by atoms with van der Waals surface area (Å²) in [6, 6.07) is 5.48. The normalized spacial score (nSPS) is 20.8. The topological polar surface area (TPSA) is 35.5 Å². The number of hydrogen-bond acceptors (Lipinski definition) is 3. The Balaban J connectivity index is 2.34. The molecule has 1 aromatic carbocycles. The molecule has 0 amide bonds. The summed E-state index contributed by atoms with van der Waals surface area (Å²) in [5, 5.41) is 14.5. The van der Waals surface area contributed by atoms with E-state index in [1.54, 1.807) is 6.07 Å². The second kappa shape index (κ2) is 6.42. The minimum atomic E-state index is -0.465. The Hall–Kier alpha value is -0.320. The molecule has 1 heterocycles. The van der Waals surface area contributed by atoms with Gasteiger partial charge in [-0.15, -0.1) is 0 Å². The molecular weight excluding hydrogens is 283 g/mol. The molecule has 0 saturated carbocycles. The number of benzene rings is 1. The predicted molar refractivity (Wildman–Crippen MR) is 80.0 cm³/mol. The van der Waals surface area contributed by atoms with Crippen LogP contribution in [0.1, 0.15) is 18.9 Å². The molecule has 0 aromatic heterocycles. The standard InChI is InChI=1S/C14H20Cl2N2O/c1-14(10-19,18-7-2-5-17-6-8-18)12-4-3-11(15)9-13(12)16/h3-4,9,17,19H,2,5-8,10H2,1H3. The van der Waals surface area contributed by atoms with Gasteiger partial charge in [0.05, 0.1) is 12.1 Å². The third kappa shape index (κ3) is 3.23. The van der Waals surface area contributed by atoms with Crippen molar-refractivity contribution in [3.8, 4) is 0 Å². The molecule has 1 saturated heterocycles. The number of nitrogens with one attached hydrogen (secondary N) is 1. The summed E-state index contributed by atoms with van der Waals surface area (Å²) in [4.78, 5) is 2.29. The van der Waals surface area contributed by atoms with Crippen LogP contribution in [0.15, 0.2) is 18.2 Å². The van der Waals surface area contributed by atoms with E-state index in [-0.39, 0.29) is 6.61 Å². The lowest BCUT2D eigenvalue weighted by atomic mass is 9.90. The van der Waals surface area contributed by atoms with Crippen LogP contribution < -0.4 is 5.32 Å². The van der Waals surface area contributed by atoms with E-state index in [4.69, 9.17) is 23.2 Å². The summed E-state index contributed by atoms with van der Waals surface area (Å²) < 4.78 is 0. The molecule has 0 aliphatic carbocycles. The van der Waals surface area contributed by atoms with Crippen LogP contribution in [0.2, 0.25) is 10.0 Å². The van der Waals surface area contributed by atoms with Crippen molar-refractivity contribution < 1.29 is 5.11 Å². The summed E-state index contributed by atoms with van der Waals surface area (Å²) in [6.45, 7) is 5.87. The summed E-state index contributed by atoms with van der Waals surface area (Å²) >= 11 is 12.3. The van der Waals surface area contributed by atoms with Crippen molar-refractivity contribution in [1.29, 1.82) is 0 Å². The molecule has 0 spiro atoms. The maximum Gasteiger partial charge on any atom is 0.0680 e. The number of hydrogen-bond donors (Lipinski definition) is 2. The fourth-order valence-corrected chi connectivity index (χ4v) is 3.23. The van der Waals surface area contributed by atoms with Gasteiger partial charge in [0.25, 0.3) is 0 Å². The van der Waals surface area contributed by atoms with Gasteiger partial charge in [0.2, 0.25) is 0 Å². The van der Waals surface area contributed by atoms with Gasteiger partial charge in [-0.2, -0.15) is 0 Å². The largest absolute Gasteiger partial charge is 0.394 e. The lowest BCUT2D eigenvalue weighted by Crippen LogP contribution is -2.48. The highest BCUT2D eigenvalue weighted by atomic mass is 35.5. The number of rotatable bonds is 3. The minimum Gasteiger partial charge on any atom is -0.394 e. The molecule has 0 bridgehead atoms.